The van der Waals surface area contributed by atoms with Crippen molar-refractivity contribution in [3.05, 3.63) is 32.4 Å². The van der Waals surface area contributed by atoms with Crippen LogP contribution in [0, 0.1) is 3.57 Å². The topological polar surface area (TPSA) is 55.1 Å². The zero-order valence-electron chi connectivity index (χ0n) is 9.05. The van der Waals surface area contributed by atoms with Gasteiger partial charge in [-0.05, 0) is 40.8 Å². The summed E-state index contributed by atoms with van der Waals surface area (Å²) in [4.78, 5) is 11.6. The molecular formula is C10H11Cl2F2IN2O. The van der Waals surface area contributed by atoms with Crippen LogP contribution in [0.2, 0.25) is 5.02 Å². The van der Waals surface area contributed by atoms with Gasteiger partial charge in [0.2, 0.25) is 0 Å². The predicted molar refractivity (Wildman–Crippen MR) is 77.8 cm³/mol. The van der Waals surface area contributed by atoms with Crippen LogP contribution in [0.4, 0.5) is 8.78 Å². The van der Waals surface area contributed by atoms with Gasteiger partial charge in [0.1, 0.15) is 0 Å². The first-order valence-corrected chi connectivity index (χ1v) is 6.12. The number of rotatable bonds is 4. The van der Waals surface area contributed by atoms with Crippen molar-refractivity contribution in [3.8, 4) is 0 Å². The van der Waals surface area contributed by atoms with Gasteiger partial charge in [0.25, 0.3) is 11.8 Å². The van der Waals surface area contributed by atoms with Crippen LogP contribution < -0.4 is 11.1 Å². The molecule has 1 rings (SSSR count). The Morgan fingerprint density at radius 3 is 2.61 bits per heavy atom. The van der Waals surface area contributed by atoms with Crippen molar-refractivity contribution in [2.75, 3.05) is 13.1 Å². The first-order valence-electron chi connectivity index (χ1n) is 4.67. The van der Waals surface area contributed by atoms with Gasteiger partial charge in [-0.25, -0.2) is 8.78 Å². The van der Waals surface area contributed by atoms with Crippen LogP contribution in [-0.2, 0) is 0 Å². The van der Waals surface area contributed by atoms with E-state index >= 15 is 0 Å². The highest BCUT2D eigenvalue weighted by molar-refractivity contribution is 14.1. The zero-order chi connectivity index (χ0) is 13.1. The fraction of sp³-hybridized carbons (Fsp3) is 0.300. The average Bonchev–Trinajstić information content (AvgIpc) is 2.26. The lowest BCUT2D eigenvalue weighted by atomic mass is 10.2. The van der Waals surface area contributed by atoms with Gasteiger partial charge in [-0.1, -0.05) is 11.6 Å². The average molecular weight is 411 g/mol. The lowest BCUT2D eigenvalue weighted by Gasteiger charge is -2.14. The molecule has 8 heteroatoms. The Balaban J connectivity index is 0.00000289. The first-order chi connectivity index (χ1) is 7.85. The summed E-state index contributed by atoms with van der Waals surface area (Å²) in [7, 11) is 0. The third-order valence-corrected chi connectivity index (χ3v) is 2.97. The van der Waals surface area contributed by atoms with Crippen molar-refractivity contribution >= 4 is 52.5 Å². The van der Waals surface area contributed by atoms with Gasteiger partial charge < -0.3 is 11.1 Å². The monoisotopic (exact) mass is 410 g/mol. The minimum absolute atomic E-state index is 0. The van der Waals surface area contributed by atoms with Gasteiger partial charge in [-0.3, -0.25) is 4.79 Å². The second kappa shape index (κ2) is 7.42. The highest BCUT2D eigenvalue weighted by Gasteiger charge is 2.27. The summed E-state index contributed by atoms with van der Waals surface area (Å²) in [6.07, 6.45) is 0. The Kier molecular flexibility index (Phi) is 7.34. The largest absolute Gasteiger partial charge is 0.346 e. The Morgan fingerprint density at radius 1 is 1.50 bits per heavy atom. The molecule has 0 bridgehead atoms. The van der Waals surface area contributed by atoms with Gasteiger partial charge in [0, 0.05) is 3.57 Å². The van der Waals surface area contributed by atoms with E-state index in [9.17, 15) is 13.6 Å². The van der Waals surface area contributed by atoms with E-state index in [0.29, 0.717) is 0 Å². The Hall–Kier alpha value is -0.180. The number of halogens is 5. The van der Waals surface area contributed by atoms with Crippen LogP contribution in [0.5, 0.6) is 0 Å². The lowest BCUT2D eigenvalue weighted by molar-refractivity contribution is 0.0118. The minimum Gasteiger partial charge on any atom is -0.346 e. The Bertz CT molecular complexity index is 432. The van der Waals surface area contributed by atoms with E-state index in [1.54, 1.807) is 12.1 Å². The number of benzene rings is 1. The second-order valence-electron chi connectivity index (χ2n) is 3.37. The summed E-state index contributed by atoms with van der Waals surface area (Å²) in [5.74, 6) is -3.75. The molecule has 0 saturated heterocycles. The molecule has 18 heavy (non-hydrogen) atoms. The summed E-state index contributed by atoms with van der Waals surface area (Å²) in [5, 5.41) is 2.32. The number of nitrogens with one attached hydrogen (secondary N) is 1. The molecular weight excluding hydrogens is 400 g/mol. The maximum atomic E-state index is 12.8. The van der Waals surface area contributed by atoms with Gasteiger partial charge in [0.15, 0.2) is 0 Å². The van der Waals surface area contributed by atoms with Crippen LogP contribution in [0.3, 0.4) is 0 Å². The fourth-order valence-corrected chi connectivity index (χ4v) is 1.99. The molecule has 0 aliphatic carbocycles. The number of nitrogens with two attached hydrogens (primary N) is 1. The molecule has 0 atom stereocenters. The molecule has 0 aromatic heterocycles. The zero-order valence-corrected chi connectivity index (χ0v) is 12.8. The molecule has 3 nitrogen and oxygen atoms in total. The van der Waals surface area contributed by atoms with Crippen LogP contribution in [0.1, 0.15) is 10.4 Å². The molecule has 0 radical (unpaired) electrons. The van der Waals surface area contributed by atoms with Gasteiger partial charge in [-0.15, -0.1) is 12.4 Å². The quantitative estimate of drug-likeness (QED) is 0.750. The van der Waals surface area contributed by atoms with Crippen LogP contribution in [0.25, 0.3) is 0 Å². The molecule has 1 aromatic rings. The summed E-state index contributed by atoms with van der Waals surface area (Å²) in [6.45, 7) is -1.61. The number of carbonyl (C=O) groups excluding carboxylic acids is 1. The number of hydrogen-bond acceptors (Lipinski definition) is 2. The van der Waals surface area contributed by atoms with E-state index in [4.69, 9.17) is 17.3 Å². The van der Waals surface area contributed by atoms with Crippen molar-refractivity contribution in [2.45, 2.75) is 5.92 Å². The van der Waals surface area contributed by atoms with E-state index in [2.05, 4.69) is 5.32 Å². The highest BCUT2D eigenvalue weighted by atomic mass is 127. The molecule has 0 fully saturated rings. The number of amides is 1. The van der Waals surface area contributed by atoms with E-state index in [-0.39, 0.29) is 23.0 Å². The van der Waals surface area contributed by atoms with Crippen molar-refractivity contribution in [2.24, 2.45) is 5.73 Å². The van der Waals surface area contributed by atoms with Gasteiger partial charge in [0.05, 0.1) is 23.7 Å². The van der Waals surface area contributed by atoms with E-state index in [1.807, 2.05) is 22.6 Å². The maximum absolute atomic E-state index is 12.8. The van der Waals surface area contributed by atoms with E-state index in [1.165, 1.54) is 6.07 Å². The van der Waals surface area contributed by atoms with E-state index < -0.39 is 24.9 Å². The molecule has 102 valence electrons. The Morgan fingerprint density at radius 2 is 2.11 bits per heavy atom. The fourth-order valence-electron chi connectivity index (χ4n) is 1.05. The van der Waals surface area contributed by atoms with Crippen LogP contribution in [0.15, 0.2) is 18.2 Å². The third-order valence-electron chi connectivity index (χ3n) is 1.98. The van der Waals surface area contributed by atoms with Gasteiger partial charge in [-0.2, -0.15) is 0 Å². The summed E-state index contributed by atoms with van der Waals surface area (Å²) in [5.41, 5.74) is 5.02. The molecule has 0 aliphatic heterocycles. The summed E-state index contributed by atoms with van der Waals surface area (Å²) in [6, 6.07) is 4.74. The molecule has 1 amide bonds. The lowest BCUT2D eigenvalue weighted by Crippen LogP contribution is -2.41. The van der Waals surface area contributed by atoms with Crippen molar-refractivity contribution in [1.29, 1.82) is 0 Å². The predicted octanol–water partition coefficient (Wildman–Crippen LogP) is 2.69. The standard InChI is InChI=1S/C10H10ClF2IN2O.ClH/c11-8-3-6(14)1-2-7(8)9(17)16-5-10(12,13)4-15;/h1-3H,4-5,15H2,(H,16,17);1H. The summed E-state index contributed by atoms with van der Waals surface area (Å²) < 4.78 is 26.5. The van der Waals surface area contributed by atoms with Crippen LogP contribution in [-0.4, -0.2) is 24.9 Å². The van der Waals surface area contributed by atoms with Crippen molar-refractivity contribution in [3.63, 3.8) is 0 Å². The number of hydrogen-bond donors (Lipinski definition) is 2. The minimum atomic E-state index is -3.11. The third kappa shape index (κ3) is 5.21. The molecule has 3 N–H and O–H groups in total. The van der Waals surface area contributed by atoms with Crippen LogP contribution >= 0.6 is 46.6 Å². The number of alkyl halides is 2. The highest BCUT2D eigenvalue weighted by Crippen LogP contribution is 2.19. The molecule has 0 spiro atoms. The Labute approximate surface area is 128 Å². The first kappa shape index (κ1) is 17.8. The van der Waals surface area contributed by atoms with Crippen molar-refractivity contribution in [1.82, 2.24) is 5.32 Å². The smallest absolute Gasteiger partial charge is 0.277 e. The van der Waals surface area contributed by atoms with Crippen molar-refractivity contribution < 1.29 is 13.6 Å². The summed E-state index contributed by atoms with van der Waals surface area (Å²) >= 11 is 7.86. The second-order valence-corrected chi connectivity index (χ2v) is 5.02. The molecule has 0 unspecified atom stereocenters. The molecule has 0 saturated carbocycles. The molecule has 0 heterocycles. The maximum Gasteiger partial charge on any atom is 0.277 e. The molecule has 1 aromatic carbocycles. The number of carbonyl (C=O) groups is 1. The SMILES string of the molecule is Cl.NCC(F)(F)CNC(=O)c1ccc(I)cc1Cl. The van der Waals surface area contributed by atoms with Gasteiger partial charge >= 0.3 is 0 Å². The normalized spacial score (nSPS) is 10.7. The van der Waals surface area contributed by atoms with E-state index in [0.717, 1.165) is 3.57 Å². The molecule has 0 aliphatic rings.